The summed E-state index contributed by atoms with van der Waals surface area (Å²) < 4.78 is 44.4. The largest absolute Gasteiger partial charge is 0.352 e. The molecule has 1 unspecified atom stereocenters. The molecule has 0 saturated heterocycles. The molecule has 1 atom stereocenters. The monoisotopic (exact) mass is 655 g/mol. The van der Waals surface area contributed by atoms with Crippen LogP contribution in [-0.2, 0) is 32.6 Å². The molecule has 9 heteroatoms. The molecule has 1 aliphatic rings. The number of rotatable bonds is 12. The van der Waals surface area contributed by atoms with Crippen LogP contribution < -0.4 is 9.62 Å². The first-order chi connectivity index (χ1) is 22.6. The van der Waals surface area contributed by atoms with E-state index in [0.717, 1.165) is 64.7 Å². The molecule has 2 amide bonds. The lowest BCUT2D eigenvalue weighted by atomic mass is 9.94. The van der Waals surface area contributed by atoms with Gasteiger partial charge in [-0.15, -0.1) is 0 Å². The molecule has 1 aliphatic carbocycles. The van der Waals surface area contributed by atoms with Crippen molar-refractivity contribution in [2.24, 2.45) is 0 Å². The number of benzene rings is 4. The van der Waals surface area contributed by atoms with Crippen LogP contribution in [0.25, 0.3) is 0 Å². The first-order valence-electron chi connectivity index (χ1n) is 16.1. The number of hydrogen-bond acceptors (Lipinski definition) is 4. The van der Waals surface area contributed by atoms with E-state index in [4.69, 9.17) is 0 Å². The van der Waals surface area contributed by atoms with Gasteiger partial charge in [0.15, 0.2) is 0 Å². The van der Waals surface area contributed by atoms with E-state index < -0.39 is 34.3 Å². The van der Waals surface area contributed by atoms with Gasteiger partial charge in [0.2, 0.25) is 11.8 Å². The Labute approximate surface area is 277 Å². The molecule has 5 rings (SSSR count). The molecule has 1 N–H and O–H groups in total. The van der Waals surface area contributed by atoms with Gasteiger partial charge in [0.05, 0.1) is 10.6 Å². The predicted molar refractivity (Wildman–Crippen MR) is 183 cm³/mol. The van der Waals surface area contributed by atoms with E-state index in [9.17, 15) is 18.0 Å². The van der Waals surface area contributed by atoms with E-state index in [1.54, 1.807) is 12.1 Å². The average molecular weight is 656 g/mol. The summed E-state index contributed by atoms with van der Waals surface area (Å²) in [4.78, 5) is 30.1. The van der Waals surface area contributed by atoms with Crippen LogP contribution in [0.4, 0.5) is 10.1 Å². The van der Waals surface area contributed by atoms with Gasteiger partial charge < -0.3 is 10.2 Å². The van der Waals surface area contributed by atoms with E-state index in [1.807, 2.05) is 68.4 Å². The molecule has 1 saturated carbocycles. The standard InChI is InChI=1S/C38H42FN3O4S/c1-28-17-21-31(22-18-28)26-41(36(25-30-11-5-3-6-12-30)38(44)40-32-13-7-4-8-14-32)37(43)27-42(35-16-10-9-15-34(35)39)47(45,46)33-23-19-29(2)20-24-33/h3,5-6,9-12,15-24,32,36H,4,7-8,13-14,25-27H2,1-2H3,(H,40,44). The number of nitrogens with one attached hydrogen (secondary N) is 1. The molecular formula is C38H42FN3O4S. The summed E-state index contributed by atoms with van der Waals surface area (Å²) >= 11 is 0. The Morgan fingerprint density at radius 3 is 2.02 bits per heavy atom. The van der Waals surface area contributed by atoms with E-state index in [1.165, 1.54) is 35.2 Å². The summed E-state index contributed by atoms with van der Waals surface area (Å²) in [5.41, 5.74) is 3.29. The first-order valence-corrected chi connectivity index (χ1v) is 17.6. The minimum absolute atomic E-state index is 0.00248. The number of hydrogen-bond donors (Lipinski definition) is 1. The van der Waals surface area contributed by atoms with Crippen molar-refractivity contribution >= 4 is 27.5 Å². The minimum atomic E-state index is -4.38. The van der Waals surface area contributed by atoms with Gasteiger partial charge in [-0.2, -0.15) is 0 Å². The summed E-state index contributed by atoms with van der Waals surface area (Å²) in [6.45, 7) is 3.16. The summed E-state index contributed by atoms with van der Waals surface area (Å²) in [6.07, 6.45) is 5.13. The van der Waals surface area contributed by atoms with Gasteiger partial charge >= 0.3 is 0 Å². The van der Waals surface area contributed by atoms with Crippen LogP contribution in [-0.4, -0.2) is 43.8 Å². The van der Waals surface area contributed by atoms with E-state index in [-0.39, 0.29) is 35.5 Å². The van der Waals surface area contributed by atoms with E-state index >= 15 is 4.39 Å². The van der Waals surface area contributed by atoms with Crippen molar-refractivity contribution in [2.45, 2.75) is 75.9 Å². The highest BCUT2D eigenvalue weighted by Crippen LogP contribution is 2.28. The average Bonchev–Trinajstić information content (AvgIpc) is 3.07. The number of sulfonamides is 1. The van der Waals surface area contributed by atoms with Crippen LogP contribution in [0.2, 0.25) is 0 Å². The van der Waals surface area contributed by atoms with Gasteiger partial charge in [0.25, 0.3) is 10.0 Å². The number of amides is 2. The molecule has 1 fully saturated rings. The minimum Gasteiger partial charge on any atom is -0.352 e. The Balaban J connectivity index is 1.56. The number of halogens is 1. The Hall–Kier alpha value is -4.50. The molecule has 4 aromatic carbocycles. The summed E-state index contributed by atoms with van der Waals surface area (Å²) in [5, 5.41) is 3.20. The number of carbonyl (C=O) groups excluding carboxylic acids is 2. The number of nitrogens with zero attached hydrogens (tertiary/aromatic N) is 2. The highest BCUT2D eigenvalue weighted by Gasteiger charge is 2.36. The number of para-hydroxylation sites is 1. The quantitative estimate of drug-likeness (QED) is 0.184. The number of carbonyl (C=O) groups is 2. The fourth-order valence-electron chi connectivity index (χ4n) is 5.99. The summed E-state index contributed by atoms with van der Waals surface area (Å²) in [6, 6.07) is 27.9. The van der Waals surface area contributed by atoms with Gasteiger partial charge in [-0.25, -0.2) is 12.8 Å². The van der Waals surface area contributed by atoms with Crippen molar-refractivity contribution < 1.29 is 22.4 Å². The lowest BCUT2D eigenvalue weighted by molar-refractivity contribution is -0.140. The molecule has 0 spiro atoms. The van der Waals surface area contributed by atoms with Crippen molar-refractivity contribution in [3.8, 4) is 0 Å². The van der Waals surface area contributed by atoms with Crippen LogP contribution in [0.5, 0.6) is 0 Å². The van der Waals surface area contributed by atoms with Crippen molar-refractivity contribution in [3.63, 3.8) is 0 Å². The van der Waals surface area contributed by atoms with Crippen molar-refractivity contribution in [1.82, 2.24) is 10.2 Å². The molecule has 0 aliphatic heterocycles. The maximum absolute atomic E-state index is 15.3. The van der Waals surface area contributed by atoms with Crippen molar-refractivity contribution in [3.05, 3.63) is 131 Å². The van der Waals surface area contributed by atoms with E-state index in [0.29, 0.717) is 0 Å². The van der Waals surface area contributed by atoms with Crippen LogP contribution in [0.15, 0.2) is 108 Å². The predicted octanol–water partition coefficient (Wildman–Crippen LogP) is 6.73. The maximum Gasteiger partial charge on any atom is 0.264 e. The van der Waals surface area contributed by atoms with E-state index in [2.05, 4.69) is 5.32 Å². The fraction of sp³-hybridized carbons (Fsp3) is 0.316. The Kier molecular flexibility index (Phi) is 11.1. The molecule has 0 radical (unpaired) electrons. The zero-order valence-corrected chi connectivity index (χ0v) is 27.8. The summed E-state index contributed by atoms with van der Waals surface area (Å²) in [5.74, 6) is -1.69. The highest BCUT2D eigenvalue weighted by atomic mass is 32.2. The molecule has 246 valence electrons. The van der Waals surface area contributed by atoms with Gasteiger partial charge in [0, 0.05) is 19.0 Å². The van der Waals surface area contributed by atoms with Crippen LogP contribution in [0.3, 0.4) is 0 Å². The molecule has 0 bridgehead atoms. The Bertz CT molecular complexity index is 1760. The third kappa shape index (κ3) is 8.65. The van der Waals surface area contributed by atoms with Crippen molar-refractivity contribution in [1.29, 1.82) is 0 Å². The topological polar surface area (TPSA) is 86.8 Å². The molecular weight excluding hydrogens is 614 g/mol. The van der Waals surface area contributed by atoms with Crippen LogP contribution >= 0.6 is 0 Å². The van der Waals surface area contributed by atoms with Crippen molar-refractivity contribution in [2.75, 3.05) is 10.8 Å². The number of anilines is 1. The smallest absolute Gasteiger partial charge is 0.264 e. The molecule has 0 heterocycles. The third-order valence-corrected chi connectivity index (χ3v) is 10.5. The highest BCUT2D eigenvalue weighted by molar-refractivity contribution is 7.92. The third-order valence-electron chi connectivity index (χ3n) is 8.71. The van der Waals surface area contributed by atoms with Crippen LogP contribution in [0, 0.1) is 19.7 Å². The maximum atomic E-state index is 15.3. The second-order valence-corrected chi connectivity index (χ2v) is 14.2. The number of aryl methyl sites for hydroxylation is 2. The zero-order valence-electron chi connectivity index (χ0n) is 26.9. The van der Waals surface area contributed by atoms with Gasteiger partial charge in [-0.1, -0.05) is 109 Å². The normalized spacial score (nSPS) is 14.3. The Morgan fingerprint density at radius 2 is 1.38 bits per heavy atom. The lowest BCUT2D eigenvalue weighted by Crippen LogP contribution is -2.55. The zero-order chi connectivity index (χ0) is 33.4. The van der Waals surface area contributed by atoms with Gasteiger partial charge in [-0.05, 0) is 62.1 Å². The first kappa shape index (κ1) is 33.9. The SMILES string of the molecule is Cc1ccc(CN(C(=O)CN(c2ccccc2F)S(=O)(=O)c2ccc(C)cc2)C(Cc2ccccc2)C(=O)NC2CCCCC2)cc1. The van der Waals surface area contributed by atoms with Gasteiger partial charge in [0.1, 0.15) is 18.4 Å². The van der Waals surface area contributed by atoms with Crippen LogP contribution in [0.1, 0.15) is 54.4 Å². The molecule has 47 heavy (non-hydrogen) atoms. The van der Waals surface area contributed by atoms with Gasteiger partial charge in [-0.3, -0.25) is 13.9 Å². The Morgan fingerprint density at radius 1 is 0.787 bits per heavy atom. The lowest BCUT2D eigenvalue weighted by Gasteiger charge is -2.35. The molecule has 0 aromatic heterocycles. The second-order valence-electron chi connectivity index (χ2n) is 12.3. The summed E-state index contributed by atoms with van der Waals surface area (Å²) in [7, 11) is -4.38. The molecule has 4 aromatic rings. The fourth-order valence-corrected chi connectivity index (χ4v) is 7.42. The molecule has 7 nitrogen and oxygen atoms in total. The second kappa shape index (κ2) is 15.4.